The minimum atomic E-state index is -0.175. The van der Waals surface area contributed by atoms with Crippen molar-refractivity contribution in [1.29, 1.82) is 0 Å². The Balaban J connectivity index is 2.23. The molecule has 0 aliphatic heterocycles. The SMILES string of the molecule is COC(=O)CCCSc1cccc(O)c1. The Bertz CT molecular complexity index is 325. The number of hydrogen-bond donors (Lipinski definition) is 1. The number of rotatable bonds is 5. The molecule has 1 N–H and O–H groups in total. The minimum Gasteiger partial charge on any atom is -0.508 e. The van der Waals surface area contributed by atoms with Crippen LogP contribution in [0.3, 0.4) is 0 Å². The average molecular weight is 226 g/mol. The molecular weight excluding hydrogens is 212 g/mol. The van der Waals surface area contributed by atoms with Crippen LogP contribution in [0.5, 0.6) is 5.75 Å². The van der Waals surface area contributed by atoms with Crippen LogP contribution in [0.15, 0.2) is 29.2 Å². The quantitative estimate of drug-likeness (QED) is 0.476. The highest BCUT2D eigenvalue weighted by Crippen LogP contribution is 2.22. The fourth-order valence-corrected chi connectivity index (χ4v) is 1.99. The van der Waals surface area contributed by atoms with Gasteiger partial charge in [-0.15, -0.1) is 11.8 Å². The van der Waals surface area contributed by atoms with Gasteiger partial charge in [0.05, 0.1) is 7.11 Å². The van der Waals surface area contributed by atoms with Gasteiger partial charge in [0.15, 0.2) is 0 Å². The maximum Gasteiger partial charge on any atom is 0.305 e. The third-order valence-corrected chi connectivity index (χ3v) is 2.92. The number of phenolic OH excluding ortho intramolecular Hbond substituents is 1. The third kappa shape index (κ3) is 4.74. The Labute approximate surface area is 93.4 Å². The fourth-order valence-electron chi connectivity index (χ4n) is 1.08. The molecule has 0 heterocycles. The second-order valence-electron chi connectivity index (χ2n) is 3.03. The average Bonchev–Trinajstić information content (AvgIpc) is 2.24. The van der Waals surface area contributed by atoms with Gasteiger partial charge in [-0.3, -0.25) is 4.79 Å². The van der Waals surface area contributed by atoms with Crippen LogP contribution < -0.4 is 0 Å². The van der Waals surface area contributed by atoms with Crippen LogP contribution in [-0.4, -0.2) is 23.9 Å². The van der Waals surface area contributed by atoms with Crippen LogP contribution in [0.25, 0.3) is 0 Å². The molecule has 0 aliphatic carbocycles. The first-order chi connectivity index (χ1) is 7.22. The number of aromatic hydroxyl groups is 1. The van der Waals surface area contributed by atoms with Gasteiger partial charge in [0.2, 0.25) is 0 Å². The van der Waals surface area contributed by atoms with Crippen LogP contribution in [0, 0.1) is 0 Å². The fraction of sp³-hybridized carbons (Fsp3) is 0.364. The maximum absolute atomic E-state index is 10.8. The summed E-state index contributed by atoms with van der Waals surface area (Å²) in [5.41, 5.74) is 0. The topological polar surface area (TPSA) is 46.5 Å². The molecule has 1 rings (SSSR count). The van der Waals surface area contributed by atoms with Crippen LogP contribution in [0.4, 0.5) is 0 Å². The summed E-state index contributed by atoms with van der Waals surface area (Å²) in [4.78, 5) is 11.8. The summed E-state index contributed by atoms with van der Waals surface area (Å²) >= 11 is 1.62. The largest absolute Gasteiger partial charge is 0.508 e. The molecule has 15 heavy (non-hydrogen) atoms. The van der Waals surface area contributed by atoms with Crippen LogP contribution in [-0.2, 0) is 9.53 Å². The molecule has 0 fully saturated rings. The van der Waals surface area contributed by atoms with Gasteiger partial charge < -0.3 is 9.84 Å². The highest BCUT2D eigenvalue weighted by molar-refractivity contribution is 7.99. The number of carbonyl (C=O) groups is 1. The second-order valence-corrected chi connectivity index (χ2v) is 4.19. The standard InChI is InChI=1S/C11H14O3S/c1-14-11(13)6-3-7-15-10-5-2-4-9(12)8-10/h2,4-5,8,12H,3,6-7H2,1H3. The molecule has 0 radical (unpaired) electrons. The molecule has 1 aromatic rings. The summed E-state index contributed by atoms with van der Waals surface area (Å²) in [7, 11) is 1.39. The molecule has 1 aromatic carbocycles. The van der Waals surface area contributed by atoms with E-state index < -0.39 is 0 Å². The van der Waals surface area contributed by atoms with Gasteiger partial charge >= 0.3 is 5.97 Å². The van der Waals surface area contributed by atoms with Crippen molar-refractivity contribution in [1.82, 2.24) is 0 Å². The molecule has 0 bridgehead atoms. The summed E-state index contributed by atoms with van der Waals surface area (Å²) in [5, 5.41) is 9.21. The zero-order chi connectivity index (χ0) is 11.1. The summed E-state index contributed by atoms with van der Waals surface area (Å²) in [6.45, 7) is 0. The van der Waals surface area contributed by atoms with Crippen molar-refractivity contribution in [3.63, 3.8) is 0 Å². The van der Waals surface area contributed by atoms with Crippen LogP contribution in [0.1, 0.15) is 12.8 Å². The number of benzene rings is 1. The number of ether oxygens (including phenoxy) is 1. The molecule has 0 amide bonds. The summed E-state index contributed by atoms with van der Waals surface area (Å²) < 4.78 is 4.53. The van der Waals surface area contributed by atoms with E-state index in [1.54, 1.807) is 30.0 Å². The van der Waals surface area contributed by atoms with E-state index in [4.69, 9.17) is 0 Å². The van der Waals surface area contributed by atoms with Gasteiger partial charge in [-0.25, -0.2) is 0 Å². The smallest absolute Gasteiger partial charge is 0.305 e. The van der Waals surface area contributed by atoms with Gasteiger partial charge in [-0.1, -0.05) is 6.07 Å². The molecule has 0 saturated carbocycles. The Morgan fingerprint density at radius 3 is 3.00 bits per heavy atom. The number of carbonyl (C=O) groups excluding carboxylic acids is 1. The van der Waals surface area contributed by atoms with Crippen molar-refractivity contribution in [2.45, 2.75) is 17.7 Å². The highest BCUT2D eigenvalue weighted by atomic mass is 32.2. The lowest BCUT2D eigenvalue weighted by atomic mass is 10.3. The summed E-state index contributed by atoms with van der Waals surface area (Å²) in [6.07, 6.45) is 1.23. The predicted octanol–water partition coefficient (Wildman–Crippen LogP) is 2.44. The van der Waals surface area contributed by atoms with E-state index in [0.717, 1.165) is 17.1 Å². The molecule has 0 aliphatic rings. The number of phenols is 1. The van der Waals surface area contributed by atoms with E-state index in [9.17, 15) is 9.90 Å². The Morgan fingerprint density at radius 1 is 1.53 bits per heavy atom. The van der Waals surface area contributed by atoms with E-state index in [-0.39, 0.29) is 11.7 Å². The highest BCUT2D eigenvalue weighted by Gasteiger charge is 2.00. The van der Waals surface area contributed by atoms with E-state index >= 15 is 0 Å². The predicted molar refractivity (Wildman–Crippen MR) is 60.1 cm³/mol. The van der Waals surface area contributed by atoms with E-state index in [1.165, 1.54) is 7.11 Å². The van der Waals surface area contributed by atoms with Crippen molar-refractivity contribution in [3.05, 3.63) is 24.3 Å². The Hall–Kier alpha value is -1.16. The third-order valence-electron chi connectivity index (χ3n) is 1.84. The second kappa shape index (κ2) is 6.35. The van der Waals surface area contributed by atoms with Crippen molar-refractivity contribution in [2.75, 3.05) is 12.9 Å². The number of esters is 1. The lowest BCUT2D eigenvalue weighted by Crippen LogP contribution is -1.99. The van der Waals surface area contributed by atoms with Crippen molar-refractivity contribution in [2.24, 2.45) is 0 Å². The molecule has 82 valence electrons. The molecular formula is C11H14O3S. The van der Waals surface area contributed by atoms with E-state index in [2.05, 4.69) is 4.74 Å². The summed E-state index contributed by atoms with van der Waals surface area (Å²) in [6, 6.07) is 7.09. The normalized spacial score (nSPS) is 9.93. The number of methoxy groups -OCH3 is 1. The molecule has 0 unspecified atom stereocenters. The van der Waals surface area contributed by atoms with Crippen LogP contribution in [0.2, 0.25) is 0 Å². The monoisotopic (exact) mass is 226 g/mol. The first-order valence-electron chi connectivity index (χ1n) is 4.71. The van der Waals surface area contributed by atoms with E-state index in [1.807, 2.05) is 6.07 Å². The Kier molecular flexibility index (Phi) is 5.04. The first-order valence-corrected chi connectivity index (χ1v) is 5.69. The molecule has 0 atom stereocenters. The van der Waals surface area contributed by atoms with Crippen molar-refractivity contribution >= 4 is 17.7 Å². The van der Waals surface area contributed by atoms with E-state index in [0.29, 0.717) is 6.42 Å². The lowest BCUT2D eigenvalue weighted by molar-refractivity contribution is -0.140. The molecule has 0 saturated heterocycles. The molecule has 0 aromatic heterocycles. The van der Waals surface area contributed by atoms with Gasteiger partial charge in [0.25, 0.3) is 0 Å². The maximum atomic E-state index is 10.8. The van der Waals surface area contributed by atoms with Gasteiger partial charge in [0, 0.05) is 11.3 Å². The van der Waals surface area contributed by atoms with Gasteiger partial charge in [-0.2, -0.15) is 0 Å². The van der Waals surface area contributed by atoms with Gasteiger partial charge in [0.1, 0.15) is 5.75 Å². The molecule has 4 heteroatoms. The minimum absolute atomic E-state index is 0.175. The molecule has 0 spiro atoms. The number of thioether (sulfide) groups is 1. The van der Waals surface area contributed by atoms with Crippen molar-refractivity contribution in [3.8, 4) is 5.75 Å². The zero-order valence-electron chi connectivity index (χ0n) is 8.60. The lowest BCUT2D eigenvalue weighted by Gasteiger charge is -2.01. The first kappa shape index (κ1) is 11.9. The van der Waals surface area contributed by atoms with Crippen molar-refractivity contribution < 1.29 is 14.6 Å². The zero-order valence-corrected chi connectivity index (χ0v) is 9.42. The Morgan fingerprint density at radius 2 is 2.33 bits per heavy atom. The van der Waals surface area contributed by atoms with Gasteiger partial charge in [-0.05, 0) is 30.4 Å². The van der Waals surface area contributed by atoms with Crippen LogP contribution >= 0.6 is 11.8 Å². The number of hydrogen-bond acceptors (Lipinski definition) is 4. The molecule has 3 nitrogen and oxygen atoms in total. The summed E-state index contributed by atoms with van der Waals surface area (Å²) in [5.74, 6) is 0.943.